The number of benzene rings is 3. The molecule has 3 aromatic carbocycles. The lowest BCUT2D eigenvalue weighted by Crippen LogP contribution is -2.25. The minimum absolute atomic E-state index is 0.0756. The molecule has 5 rings (SSSR count). The maximum atomic E-state index is 13.6. The van der Waals surface area contributed by atoms with Gasteiger partial charge >= 0.3 is 0 Å². The van der Waals surface area contributed by atoms with Gasteiger partial charge in [-0.1, -0.05) is 41.5 Å². The second-order valence-electron chi connectivity index (χ2n) is 11.9. The van der Waals surface area contributed by atoms with Crippen molar-refractivity contribution in [2.24, 2.45) is 0 Å². The van der Waals surface area contributed by atoms with E-state index in [0.29, 0.717) is 29.3 Å². The lowest BCUT2D eigenvalue weighted by molar-refractivity contribution is 0.589. The normalized spacial score (nSPS) is 12.7. The lowest BCUT2D eigenvalue weighted by Gasteiger charge is -2.21. The van der Waals surface area contributed by atoms with E-state index in [1.807, 2.05) is 24.3 Å². The Bertz CT molecular complexity index is 1830. The molecule has 0 unspecified atom stereocenters. The Hall–Kier alpha value is -2.14. The van der Waals surface area contributed by atoms with Gasteiger partial charge in [0.15, 0.2) is 0 Å². The van der Waals surface area contributed by atoms with Crippen molar-refractivity contribution < 1.29 is 0 Å². The van der Waals surface area contributed by atoms with Crippen molar-refractivity contribution in [2.75, 3.05) is 0 Å². The molecule has 40 heavy (non-hydrogen) atoms. The second kappa shape index (κ2) is 9.71. The Labute approximate surface area is 263 Å². The fraction of sp³-hybridized carbons (Fsp3) is 0.267. The number of halogens is 4. The van der Waals surface area contributed by atoms with Crippen molar-refractivity contribution in [1.29, 1.82) is 0 Å². The molecule has 206 valence electrons. The van der Waals surface area contributed by atoms with E-state index in [0.717, 1.165) is 20.3 Å². The van der Waals surface area contributed by atoms with Crippen LogP contribution in [-0.2, 0) is 10.8 Å². The average Bonchev–Trinajstić information content (AvgIpc) is 3.21. The first-order chi connectivity index (χ1) is 18.4. The van der Waals surface area contributed by atoms with Crippen molar-refractivity contribution in [3.63, 3.8) is 0 Å². The zero-order chi connectivity index (χ0) is 29.6. The van der Waals surface area contributed by atoms with Crippen LogP contribution in [-0.4, -0.2) is 9.13 Å². The first kappa shape index (κ1) is 29.4. The smallest absolute Gasteiger partial charge is 0.266 e. The molecule has 0 radical (unpaired) electrons. The van der Waals surface area contributed by atoms with E-state index in [1.165, 1.54) is 12.1 Å². The molecular weight excluding hydrogens is 772 g/mol. The Morgan fingerprint density at radius 3 is 0.875 bits per heavy atom. The molecule has 10 heteroatoms. The third-order valence-corrected chi connectivity index (χ3v) is 9.52. The predicted octanol–water partition coefficient (Wildman–Crippen LogP) is 7.54. The van der Waals surface area contributed by atoms with E-state index in [4.69, 9.17) is 0 Å². The molecule has 0 N–H and O–H groups in total. The molecule has 2 aromatic heterocycles. The van der Waals surface area contributed by atoms with Crippen LogP contribution in [0.2, 0.25) is 0 Å². The molecular formula is C30H24Br4N2O4. The van der Waals surface area contributed by atoms with Gasteiger partial charge in [-0.05, 0) is 122 Å². The number of fused-ring (bicyclic) bond motifs is 2. The van der Waals surface area contributed by atoms with Gasteiger partial charge in [0.25, 0.3) is 22.2 Å². The SMILES string of the molecule is CC(C)(C)c1cc(Br)c(-n2c(=O)c3cc4c(=O)n(-c5c(Br)cc(C(C)(C)C)cc5Br)c(=O)c4cc3c2=O)c(Br)c1. The van der Waals surface area contributed by atoms with Crippen molar-refractivity contribution in [1.82, 2.24) is 9.13 Å². The summed E-state index contributed by atoms with van der Waals surface area (Å²) in [5.74, 6) is 0. The molecule has 0 aliphatic rings. The maximum Gasteiger partial charge on any atom is 0.266 e. The summed E-state index contributed by atoms with van der Waals surface area (Å²) in [4.78, 5) is 54.4. The van der Waals surface area contributed by atoms with Crippen molar-refractivity contribution in [3.8, 4) is 11.4 Å². The van der Waals surface area contributed by atoms with Crippen LogP contribution in [0.4, 0.5) is 0 Å². The van der Waals surface area contributed by atoms with Gasteiger partial charge in [0.1, 0.15) is 0 Å². The molecule has 0 aliphatic carbocycles. The lowest BCUT2D eigenvalue weighted by atomic mass is 9.87. The molecule has 5 aromatic rings. The summed E-state index contributed by atoms with van der Waals surface area (Å²) >= 11 is 14.2. The van der Waals surface area contributed by atoms with Crippen LogP contribution in [0.3, 0.4) is 0 Å². The summed E-state index contributed by atoms with van der Waals surface area (Å²) < 4.78 is 4.43. The number of rotatable bonds is 2. The highest BCUT2D eigenvalue weighted by Crippen LogP contribution is 2.36. The predicted molar refractivity (Wildman–Crippen MR) is 176 cm³/mol. The summed E-state index contributed by atoms with van der Waals surface area (Å²) in [7, 11) is 0. The van der Waals surface area contributed by atoms with E-state index in [9.17, 15) is 19.2 Å². The number of nitrogens with zero attached hydrogens (tertiary/aromatic N) is 2. The van der Waals surface area contributed by atoms with Crippen LogP contribution in [0, 0.1) is 0 Å². The van der Waals surface area contributed by atoms with Gasteiger partial charge in [0.05, 0.1) is 32.9 Å². The molecule has 0 spiro atoms. The highest BCUT2D eigenvalue weighted by molar-refractivity contribution is 9.11. The Morgan fingerprint density at radius 1 is 0.450 bits per heavy atom. The summed E-state index contributed by atoms with van der Waals surface area (Å²) in [6.07, 6.45) is 0. The third kappa shape index (κ3) is 4.55. The monoisotopic (exact) mass is 792 g/mol. The zero-order valence-electron chi connectivity index (χ0n) is 22.5. The number of hydrogen-bond donors (Lipinski definition) is 0. The van der Waals surface area contributed by atoms with Gasteiger partial charge in [-0.3, -0.25) is 19.2 Å². The molecule has 0 saturated heterocycles. The van der Waals surface area contributed by atoms with E-state index < -0.39 is 22.2 Å². The second-order valence-corrected chi connectivity index (χ2v) is 15.3. The average molecular weight is 796 g/mol. The van der Waals surface area contributed by atoms with E-state index >= 15 is 0 Å². The molecule has 6 nitrogen and oxygen atoms in total. The van der Waals surface area contributed by atoms with E-state index in [1.54, 1.807) is 0 Å². The van der Waals surface area contributed by atoms with E-state index in [-0.39, 0.29) is 32.4 Å². The molecule has 2 heterocycles. The van der Waals surface area contributed by atoms with Crippen LogP contribution >= 0.6 is 63.7 Å². The third-order valence-electron chi connectivity index (χ3n) is 7.10. The summed E-state index contributed by atoms with van der Waals surface area (Å²) in [5.41, 5.74) is 0.171. The highest BCUT2D eigenvalue weighted by Gasteiger charge is 2.26. The first-order valence-corrected chi connectivity index (χ1v) is 15.6. The fourth-order valence-corrected chi connectivity index (χ4v) is 7.89. The Kier molecular flexibility index (Phi) is 7.13. The van der Waals surface area contributed by atoms with Crippen molar-refractivity contribution in [3.05, 3.63) is 107 Å². The fourth-order valence-electron chi connectivity index (χ4n) is 4.80. The molecule has 0 atom stereocenters. The molecule has 0 aliphatic heterocycles. The summed E-state index contributed by atoms with van der Waals surface area (Å²) in [6.45, 7) is 12.4. The minimum atomic E-state index is -0.566. The van der Waals surface area contributed by atoms with Crippen LogP contribution < -0.4 is 22.2 Å². The maximum absolute atomic E-state index is 13.6. The molecule has 0 fully saturated rings. The first-order valence-electron chi connectivity index (χ1n) is 12.4. The van der Waals surface area contributed by atoms with Crippen LogP contribution in [0.25, 0.3) is 32.9 Å². The largest absolute Gasteiger partial charge is 0.268 e. The summed E-state index contributed by atoms with van der Waals surface area (Å²) in [5, 5.41) is 0.302. The van der Waals surface area contributed by atoms with Gasteiger partial charge in [-0.15, -0.1) is 0 Å². The van der Waals surface area contributed by atoms with Gasteiger partial charge < -0.3 is 0 Å². The van der Waals surface area contributed by atoms with Crippen molar-refractivity contribution >= 4 is 85.3 Å². The van der Waals surface area contributed by atoms with Gasteiger partial charge in [0, 0.05) is 17.9 Å². The molecule has 0 amide bonds. The summed E-state index contributed by atoms with van der Waals surface area (Å²) in [6, 6.07) is 10.3. The van der Waals surface area contributed by atoms with Crippen molar-refractivity contribution in [2.45, 2.75) is 52.4 Å². The number of aromatic nitrogens is 2. The Morgan fingerprint density at radius 2 is 0.675 bits per heavy atom. The Balaban J connectivity index is 1.78. The quantitative estimate of drug-likeness (QED) is 0.185. The van der Waals surface area contributed by atoms with Gasteiger partial charge in [-0.25, -0.2) is 9.13 Å². The minimum Gasteiger partial charge on any atom is -0.268 e. The van der Waals surface area contributed by atoms with Crippen LogP contribution in [0.5, 0.6) is 0 Å². The van der Waals surface area contributed by atoms with Crippen LogP contribution in [0.1, 0.15) is 52.7 Å². The highest BCUT2D eigenvalue weighted by atomic mass is 79.9. The van der Waals surface area contributed by atoms with Gasteiger partial charge in [0.2, 0.25) is 0 Å². The zero-order valence-corrected chi connectivity index (χ0v) is 28.8. The molecule has 0 bridgehead atoms. The number of hydrogen-bond acceptors (Lipinski definition) is 4. The molecule has 0 saturated carbocycles. The standard InChI is InChI=1S/C30H24Br4N2O4/c1-29(2,3)13-7-19(31)23(20(32)8-13)35-25(37)15-11-17-18(12-16(15)26(35)38)28(40)36(27(17)39)24-21(33)9-14(10-22(24)34)30(4,5)6/h7-12H,1-6H3. The van der Waals surface area contributed by atoms with E-state index in [2.05, 4.69) is 105 Å². The topological polar surface area (TPSA) is 78.1 Å². The van der Waals surface area contributed by atoms with Gasteiger partial charge in [-0.2, -0.15) is 0 Å². The van der Waals surface area contributed by atoms with Crippen LogP contribution in [0.15, 0.2) is 73.5 Å².